The van der Waals surface area contributed by atoms with Crippen LogP contribution in [0.3, 0.4) is 0 Å². The first kappa shape index (κ1) is 25.9. The van der Waals surface area contributed by atoms with Crippen LogP contribution in [0.1, 0.15) is 34.1 Å². The maximum absolute atomic E-state index is 14.1. The molecule has 1 rings (SSSR count). The molecule has 1 aliphatic heterocycles. The molecule has 0 bridgehead atoms. The van der Waals surface area contributed by atoms with Gasteiger partial charge in [-0.15, -0.1) is 0 Å². The van der Waals surface area contributed by atoms with Gasteiger partial charge in [-0.1, -0.05) is 12.2 Å². The Bertz CT molecular complexity index is 636. The Labute approximate surface area is 158 Å². The maximum Gasteiger partial charge on any atom is 0.384 e. The number of halogens is 12. The number of hydrogen-bond acceptors (Lipinski definition) is 1. The van der Waals surface area contributed by atoms with E-state index in [-0.39, 0.29) is 0 Å². The first-order chi connectivity index (χ1) is 12.5. The van der Waals surface area contributed by atoms with Gasteiger partial charge >= 0.3 is 36.0 Å². The SMILES string of the molecule is CC1(C)C=CC(CC(F)(F)C(F)(F)C(F)(F)C(F)(F)C(F)(F)C(F)F)C(C)(C)N1. The van der Waals surface area contributed by atoms with E-state index in [4.69, 9.17) is 0 Å². The predicted molar refractivity (Wildman–Crippen MR) is 79.3 cm³/mol. The Kier molecular flexibility index (Phi) is 6.20. The summed E-state index contributed by atoms with van der Waals surface area (Å²) in [6.45, 7) is 5.62. The lowest BCUT2D eigenvalue weighted by molar-refractivity contribution is -0.414. The molecule has 0 fully saturated rings. The van der Waals surface area contributed by atoms with Crippen molar-refractivity contribution in [3.63, 3.8) is 0 Å². The zero-order chi connectivity index (χ0) is 23.5. The van der Waals surface area contributed by atoms with Crippen molar-refractivity contribution in [2.45, 2.75) is 81.2 Å². The van der Waals surface area contributed by atoms with E-state index in [2.05, 4.69) is 5.32 Å². The molecule has 29 heavy (non-hydrogen) atoms. The second-order valence-corrected chi connectivity index (χ2v) is 8.09. The largest absolute Gasteiger partial charge is 0.384 e. The first-order valence-electron chi connectivity index (χ1n) is 8.12. The smallest absolute Gasteiger partial charge is 0.303 e. The van der Waals surface area contributed by atoms with Crippen LogP contribution in [0.25, 0.3) is 0 Å². The molecular weight excluding hydrogens is 434 g/mol. The van der Waals surface area contributed by atoms with E-state index in [0.29, 0.717) is 0 Å². The van der Waals surface area contributed by atoms with Gasteiger partial charge in [-0.25, -0.2) is 8.78 Å². The van der Waals surface area contributed by atoms with Crippen LogP contribution >= 0.6 is 0 Å². The predicted octanol–water partition coefficient (Wildman–Crippen LogP) is 6.15. The normalized spacial score (nSPS) is 23.6. The van der Waals surface area contributed by atoms with Crippen molar-refractivity contribution in [3.8, 4) is 0 Å². The average molecular weight is 453 g/mol. The van der Waals surface area contributed by atoms with Crippen LogP contribution in [0.15, 0.2) is 12.2 Å². The van der Waals surface area contributed by atoms with Gasteiger partial charge in [0.15, 0.2) is 0 Å². The summed E-state index contributed by atoms with van der Waals surface area (Å²) < 4.78 is 159. The molecule has 0 amide bonds. The molecule has 0 spiro atoms. The summed E-state index contributed by atoms with van der Waals surface area (Å²) in [7, 11) is 0. The molecule has 0 aromatic heterocycles. The van der Waals surface area contributed by atoms with Crippen LogP contribution < -0.4 is 5.32 Å². The van der Waals surface area contributed by atoms with Gasteiger partial charge in [0, 0.05) is 23.4 Å². The summed E-state index contributed by atoms with van der Waals surface area (Å²) in [6, 6.07) is 0. The minimum atomic E-state index is -7.49. The quantitative estimate of drug-likeness (QED) is 0.360. The molecule has 1 nitrogen and oxygen atoms in total. The Hall–Kier alpha value is -1.14. The lowest BCUT2D eigenvalue weighted by Gasteiger charge is -2.46. The average Bonchev–Trinajstić information content (AvgIpc) is 2.48. The van der Waals surface area contributed by atoms with Crippen LogP contribution in [0, 0.1) is 5.92 Å². The lowest BCUT2D eigenvalue weighted by Crippen LogP contribution is -2.69. The van der Waals surface area contributed by atoms with Crippen LogP contribution in [0.4, 0.5) is 52.7 Å². The summed E-state index contributed by atoms with van der Waals surface area (Å²) in [5.74, 6) is -36.6. The summed E-state index contributed by atoms with van der Waals surface area (Å²) in [4.78, 5) is 0. The molecule has 1 N–H and O–H groups in total. The number of hydrogen-bond donors (Lipinski definition) is 1. The van der Waals surface area contributed by atoms with E-state index in [0.717, 1.165) is 6.08 Å². The summed E-state index contributed by atoms with van der Waals surface area (Å²) in [6.07, 6.45) is -5.42. The molecular formula is C16H19F12N. The summed E-state index contributed by atoms with van der Waals surface area (Å²) >= 11 is 0. The molecule has 0 radical (unpaired) electrons. The number of nitrogens with one attached hydrogen (secondary N) is 1. The fraction of sp³-hybridized carbons (Fsp3) is 0.875. The van der Waals surface area contributed by atoms with Crippen molar-refractivity contribution in [3.05, 3.63) is 12.2 Å². The number of rotatable bonds is 7. The second kappa shape index (κ2) is 6.94. The molecule has 0 aromatic rings. The Balaban J connectivity index is 3.35. The highest BCUT2D eigenvalue weighted by molar-refractivity contribution is 5.17. The third-order valence-electron chi connectivity index (χ3n) is 4.73. The molecule has 13 heteroatoms. The van der Waals surface area contributed by atoms with Crippen molar-refractivity contribution in [2.24, 2.45) is 5.92 Å². The molecule has 1 unspecified atom stereocenters. The highest BCUT2D eigenvalue weighted by Crippen LogP contribution is 2.59. The third kappa shape index (κ3) is 4.07. The minimum Gasteiger partial charge on any atom is -0.303 e. The minimum absolute atomic E-state index is 0.811. The monoisotopic (exact) mass is 453 g/mol. The Morgan fingerprint density at radius 3 is 1.62 bits per heavy atom. The maximum atomic E-state index is 14.1. The topological polar surface area (TPSA) is 12.0 Å². The van der Waals surface area contributed by atoms with Crippen molar-refractivity contribution in [1.82, 2.24) is 5.32 Å². The zero-order valence-electron chi connectivity index (χ0n) is 15.6. The molecule has 1 aliphatic rings. The van der Waals surface area contributed by atoms with Crippen LogP contribution in [0.5, 0.6) is 0 Å². The van der Waals surface area contributed by atoms with Crippen molar-refractivity contribution >= 4 is 0 Å². The van der Waals surface area contributed by atoms with Gasteiger partial charge in [-0.2, -0.15) is 43.9 Å². The fourth-order valence-corrected chi connectivity index (χ4v) is 3.06. The number of alkyl halides is 12. The van der Waals surface area contributed by atoms with E-state index in [1.54, 1.807) is 13.8 Å². The van der Waals surface area contributed by atoms with E-state index >= 15 is 0 Å². The van der Waals surface area contributed by atoms with E-state index in [1.807, 2.05) is 0 Å². The lowest BCUT2D eigenvalue weighted by atomic mass is 9.75. The van der Waals surface area contributed by atoms with Crippen LogP contribution in [-0.2, 0) is 0 Å². The van der Waals surface area contributed by atoms with Gasteiger partial charge in [0.2, 0.25) is 0 Å². The Morgan fingerprint density at radius 2 is 1.24 bits per heavy atom. The third-order valence-corrected chi connectivity index (χ3v) is 4.73. The van der Waals surface area contributed by atoms with Gasteiger partial charge < -0.3 is 5.32 Å². The van der Waals surface area contributed by atoms with E-state index in [9.17, 15) is 52.7 Å². The molecule has 172 valence electrons. The van der Waals surface area contributed by atoms with Crippen molar-refractivity contribution in [1.29, 1.82) is 0 Å². The van der Waals surface area contributed by atoms with E-state index in [1.165, 1.54) is 19.9 Å². The van der Waals surface area contributed by atoms with Gasteiger partial charge in [0.25, 0.3) is 0 Å². The van der Waals surface area contributed by atoms with Crippen molar-refractivity contribution < 1.29 is 52.7 Å². The molecule has 0 aliphatic carbocycles. The van der Waals surface area contributed by atoms with Crippen LogP contribution in [-0.4, -0.2) is 47.1 Å². The van der Waals surface area contributed by atoms with Gasteiger partial charge in [-0.3, -0.25) is 0 Å². The highest BCUT2D eigenvalue weighted by Gasteiger charge is 2.87. The van der Waals surface area contributed by atoms with Gasteiger partial charge in [-0.05, 0) is 27.7 Å². The molecule has 0 saturated heterocycles. The summed E-state index contributed by atoms with van der Waals surface area (Å²) in [5, 5.41) is 2.74. The first-order valence-corrected chi connectivity index (χ1v) is 8.12. The molecule has 0 aromatic carbocycles. The second-order valence-electron chi connectivity index (χ2n) is 8.09. The molecule has 0 saturated carbocycles. The summed E-state index contributed by atoms with van der Waals surface area (Å²) in [5.41, 5.74) is -2.23. The van der Waals surface area contributed by atoms with E-state index < -0.39 is 59.5 Å². The zero-order valence-corrected chi connectivity index (χ0v) is 15.6. The standard InChI is InChI=1S/C16H19F12N/c1-10(2)6-5-8(11(3,4)29-10)7-12(19,20)14(23,24)16(27,28)15(25,26)13(21,22)9(17)18/h5-6,8-9,29H,7H2,1-4H3. The van der Waals surface area contributed by atoms with Gasteiger partial charge in [0.1, 0.15) is 0 Å². The molecule has 1 heterocycles. The van der Waals surface area contributed by atoms with Gasteiger partial charge in [0.05, 0.1) is 0 Å². The fourth-order valence-electron chi connectivity index (χ4n) is 3.06. The molecule has 1 atom stereocenters. The Morgan fingerprint density at radius 1 is 0.793 bits per heavy atom. The van der Waals surface area contributed by atoms with Crippen molar-refractivity contribution in [2.75, 3.05) is 0 Å². The highest BCUT2D eigenvalue weighted by atomic mass is 19.4. The van der Waals surface area contributed by atoms with Crippen LogP contribution in [0.2, 0.25) is 0 Å².